The summed E-state index contributed by atoms with van der Waals surface area (Å²) in [6.45, 7) is 9.34. The first-order valence-corrected chi connectivity index (χ1v) is 7.31. The summed E-state index contributed by atoms with van der Waals surface area (Å²) >= 11 is 0. The third-order valence-corrected chi connectivity index (χ3v) is 3.49. The first-order valence-electron chi connectivity index (χ1n) is 7.31. The zero-order valence-electron chi connectivity index (χ0n) is 13.1. The van der Waals surface area contributed by atoms with E-state index in [2.05, 4.69) is 25.2 Å². The van der Waals surface area contributed by atoms with Gasteiger partial charge in [-0.05, 0) is 46.9 Å². The van der Waals surface area contributed by atoms with Crippen molar-refractivity contribution in [3.05, 3.63) is 17.7 Å². The van der Waals surface area contributed by atoms with Gasteiger partial charge >= 0.3 is 0 Å². The van der Waals surface area contributed by atoms with Gasteiger partial charge in [0.15, 0.2) is 11.5 Å². The lowest BCUT2D eigenvalue weighted by Gasteiger charge is -2.38. The molecule has 0 radical (unpaired) electrons. The van der Waals surface area contributed by atoms with E-state index in [9.17, 15) is 0 Å². The fraction of sp³-hybridized carbons (Fsp3) is 0.625. The van der Waals surface area contributed by atoms with Crippen molar-refractivity contribution in [2.24, 2.45) is 0 Å². The molecule has 0 saturated carbocycles. The maximum atomic E-state index is 6.18. The molecule has 0 aliphatic carbocycles. The summed E-state index contributed by atoms with van der Waals surface area (Å²) in [6.07, 6.45) is 0.927. The highest BCUT2D eigenvalue weighted by Gasteiger charge is 2.36. The minimum absolute atomic E-state index is 0.225. The molecule has 1 heterocycles. The van der Waals surface area contributed by atoms with Crippen LogP contribution in [-0.2, 0) is 0 Å². The molecule has 0 amide bonds. The summed E-state index contributed by atoms with van der Waals surface area (Å²) in [6, 6.07) is 4.31. The summed E-state index contributed by atoms with van der Waals surface area (Å²) in [4.78, 5) is 0. The van der Waals surface area contributed by atoms with Crippen LogP contribution in [0.4, 0.5) is 0 Å². The maximum Gasteiger partial charge on any atom is 0.203 e. The third kappa shape index (κ3) is 2.85. The smallest absolute Gasteiger partial charge is 0.203 e. The molecular formula is C16H25NO3. The Morgan fingerprint density at radius 2 is 1.95 bits per heavy atom. The number of ether oxygens (including phenoxy) is 3. The van der Waals surface area contributed by atoms with Gasteiger partial charge in [-0.2, -0.15) is 0 Å². The summed E-state index contributed by atoms with van der Waals surface area (Å²) in [5, 5.41) is 3.36. The maximum absolute atomic E-state index is 6.18. The molecular weight excluding hydrogens is 254 g/mol. The third-order valence-electron chi connectivity index (χ3n) is 3.49. The van der Waals surface area contributed by atoms with Gasteiger partial charge in [0.1, 0.15) is 5.60 Å². The van der Waals surface area contributed by atoms with Crippen LogP contribution in [0.5, 0.6) is 17.2 Å². The number of rotatable bonds is 5. The Morgan fingerprint density at radius 3 is 2.55 bits per heavy atom. The van der Waals surface area contributed by atoms with Crippen LogP contribution in [0.25, 0.3) is 0 Å². The average Bonchev–Trinajstić information content (AvgIpc) is 2.40. The fourth-order valence-electron chi connectivity index (χ4n) is 2.67. The standard InChI is InChI=1S/C16H25NO3/c1-6-18-13-9-8-11-12(17-5)10-16(3,4)20-14(11)15(13)19-7-2/h8-9,12,17H,6-7,10H2,1-5H3. The number of hydrogen-bond acceptors (Lipinski definition) is 4. The molecule has 1 aromatic rings. The first-order chi connectivity index (χ1) is 9.52. The van der Waals surface area contributed by atoms with Gasteiger partial charge in [0.05, 0.1) is 13.2 Å². The molecule has 1 N–H and O–H groups in total. The normalized spacial score (nSPS) is 19.9. The van der Waals surface area contributed by atoms with E-state index in [1.54, 1.807) is 0 Å². The van der Waals surface area contributed by atoms with Crippen LogP contribution >= 0.6 is 0 Å². The second-order valence-corrected chi connectivity index (χ2v) is 5.58. The van der Waals surface area contributed by atoms with Gasteiger partial charge < -0.3 is 19.5 Å². The molecule has 20 heavy (non-hydrogen) atoms. The molecule has 4 heteroatoms. The van der Waals surface area contributed by atoms with E-state index in [4.69, 9.17) is 14.2 Å². The van der Waals surface area contributed by atoms with Crippen LogP contribution < -0.4 is 19.5 Å². The molecule has 1 atom stereocenters. The summed E-state index contributed by atoms with van der Waals surface area (Å²) in [7, 11) is 1.98. The van der Waals surface area contributed by atoms with Crippen molar-refractivity contribution >= 4 is 0 Å². The lowest BCUT2D eigenvalue weighted by atomic mass is 9.89. The average molecular weight is 279 g/mol. The second kappa shape index (κ2) is 5.92. The Labute approximate surface area is 121 Å². The van der Waals surface area contributed by atoms with E-state index in [-0.39, 0.29) is 11.6 Å². The molecule has 0 aromatic heterocycles. The van der Waals surface area contributed by atoms with Crippen molar-refractivity contribution < 1.29 is 14.2 Å². The van der Waals surface area contributed by atoms with Crippen LogP contribution in [-0.4, -0.2) is 25.9 Å². The quantitative estimate of drug-likeness (QED) is 0.897. The number of benzene rings is 1. The Hall–Kier alpha value is -1.42. The van der Waals surface area contributed by atoms with Gasteiger partial charge in [-0.3, -0.25) is 0 Å². The molecule has 1 aliphatic heterocycles. The topological polar surface area (TPSA) is 39.7 Å². The van der Waals surface area contributed by atoms with Gasteiger partial charge in [-0.15, -0.1) is 0 Å². The summed E-state index contributed by atoms with van der Waals surface area (Å²) in [5.41, 5.74) is 0.913. The first kappa shape index (κ1) is 15.0. The van der Waals surface area contributed by atoms with Crippen LogP contribution in [0.1, 0.15) is 45.7 Å². The minimum Gasteiger partial charge on any atom is -0.490 e. The molecule has 1 aromatic carbocycles. The molecule has 0 fully saturated rings. The molecule has 0 spiro atoms. The highest BCUT2D eigenvalue weighted by Crippen LogP contribution is 2.48. The molecule has 1 unspecified atom stereocenters. The molecule has 0 bridgehead atoms. The van der Waals surface area contributed by atoms with E-state index in [1.165, 1.54) is 0 Å². The molecule has 1 aliphatic rings. The molecule has 2 rings (SSSR count). The van der Waals surface area contributed by atoms with Crippen LogP contribution in [0.15, 0.2) is 12.1 Å². The number of hydrogen-bond donors (Lipinski definition) is 1. The van der Waals surface area contributed by atoms with Crippen LogP contribution in [0, 0.1) is 0 Å². The Kier molecular flexibility index (Phi) is 4.43. The van der Waals surface area contributed by atoms with E-state index in [1.807, 2.05) is 27.0 Å². The van der Waals surface area contributed by atoms with Gasteiger partial charge in [0, 0.05) is 18.0 Å². The van der Waals surface area contributed by atoms with E-state index in [0.717, 1.165) is 29.2 Å². The van der Waals surface area contributed by atoms with Crippen molar-refractivity contribution in [3.63, 3.8) is 0 Å². The van der Waals surface area contributed by atoms with Gasteiger partial charge in [-0.25, -0.2) is 0 Å². The van der Waals surface area contributed by atoms with Crippen molar-refractivity contribution in [3.8, 4) is 17.2 Å². The SMILES string of the molecule is CCOc1ccc2c(c1OCC)OC(C)(C)CC2NC. The zero-order chi connectivity index (χ0) is 14.8. The Morgan fingerprint density at radius 1 is 1.25 bits per heavy atom. The summed E-state index contributed by atoms with van der Waals surface area (Å²) in [5.74, 6) is 2.29. The molecule has 0 saturated heterocycles. The fourth-order valence-corrected chi connectivity index (χ4v) is 2.67. The zero-order valence-corrected chi connectivity index (χ0v) is 13.1. The predicted molar refractivity (Wildman–Crippen MR) is 79.9 cm³/mol. The highest BCUT2D eigenvalue weighted by atomic mass is 16.5. The molecule has 4 nitrogen and oxygen atoms in total. The van der Waals surface area contributed by atoms with Gasteiger partial charge in [-0.1, -0.05) is 0 Å². The van der Waals surface area contributed by atoms with Gasteiger partial charge in [0.2, 0.25) is 5.75 Å². The number of fused-ring (bicyclic) bond motifs is 1. The monoisotopic (exact) mass is 279 g/mol. The van der Waals surface area contributed by atoms with E-state index >= 15 is 0 Å². The van der Waals surface area contributed by atoms with E-state index in [0.29, 0.717) is 13.2 Å². The van der Waals surface area contributed by atoms with Crippen LogP contribution in [0.3, 0.4) is 0 Å². The largest absolute Gasteiger partial charge is 0.490 e. The Balaban J connectivity index is 2.52. The van der Waals surface area contributed by atoms with Crippen molar-refractivity contribution in [1.29, 1.82) is 0 Å². The minimum atomic E-state index is -0.225. The van der Waals surface area contributed by atoms with Crippen molar-refractivity contribution in [1.82, 2.24) is 5.32 Å². The van der Waals surface area contributed by atoms with Gasteiger partial charge in [0.25, 0.3) is 0 Å². The Bertz CT molecular complexity index is 471. The van der Waals surface area contributed by atoms with Crippen molar-refractivity contribution in [2.75, 3.05) is 20.3 Å². The van der Waals surface area contributed by atoms with Crippen molar-refractivity contribution in [2.45, 2.75) is 45.8 Å². The van der Waals surface area contributed by atoms with Crippen LogP contribution in [0.2, 0.25) is 0 Å². The number of nitrogens with one attached hydrogen (secondary N) is 1. The van der Waals surface area contributed by atoms with E-state index < -0.39 is 0 Å². The second-order valence-electron chi connectivity index (χ2n) is 5.58. The summed E-state index contributed by atoms with van der Waals surface area (Å²) < 4.78 is 17.6. The lowest BCUT2D eigenvalue weighted by Crippen LogP contribution is -2.38. The highest BCUT2D eigenvalue weighted by molar-refractivity contribution is 5.58. The lowest BCUT2D eigenvalue weighted by molar-refractivity contribution is 0.0620. The molecule has 112 valence electrons. The predicted octanol–water partition coefficient (Wildman–Crippen LogP) is 3.31.